The Bertz CT molecular complexity index is 580. The maximum Gasteiger partial charge on any atom is 0.356 e. The Labute approximate surface area is 112 Å². The molecule has 0 aliphatic heterocycles. The van der Waals surface area contributed by atoms with Gasteiger partial charge in [0.05, 0.1) is 0 Å². The van der Waals surface area contributed by atoms with Crippen molar-refractivity contribution in [3.8, 4) is 5.75 Å². The largest absolute Gasteiger partial charge is 0.476 e. The van der Waals surface area contributed by atoms with E-state index in [1.54, 1.807) is 6.20 Å². The molecular formula is C12H11BrN2O3. The number of aromatic nitrogens is 2. The van der Waals surface area contributed by atoms with Gasteiger partial charge in [-0.15, -0.1) is 0 Å². The lowest BCUT2D eigenvalue weighted by Crippen LogP contribution is -2.08. The Balaban J connectivity index is 2.04. The van der Waals surface area contributed by atoms with Crippen LogP contribution >= 0.6 is 15.9 Å². The molecule has 0 saturated heterocycles. The first-order valence-electron chi connectivity index (χ1n) is 5.22. The normalized spacial score (nSPS) is 10.3. The van der Waals surface area contributed by atoms with Crippen LogP contribution < -0.4 is 4.74 Å². The highest BCUT2D eigenvalue weighted by Crippen LogP contribution is 2.22. The molecule has 6 heteroatoms. The first-order chi connectivity index (χ1) is 8.56. The molecule has 0 atom stereocenters. The Morgan fingerprint density at radius 2 is 2.28 bits per heavy atom. The molecule has 0 unspecified atom stereocenters. The van der Waals surface area contributed by atoms with Crippen LogP contribution in [0.5, 0.6) is 5.75 Å². The molecule has 1 aromatic carbocycles. The minimum Gasteiger partial charge on any atom is -0.476 e. The average Bonchev–Trinajstić information content (AvgIpc) is 2.76. The molecular weight excluding hydrogens is 300 g/mol. The zero-order chi connectivity index (χ0) is 13.1. The molecule has 0 fully saturated rings. The number of hydrogen-bond acceptors (Lipinski definition) is 3. The average molecular weight is 311 g/mol. The second-order valence-electron chi connectivity index (χ2n) is 3.73. The van der Waals surface area contributed by atoms with Gasteiger partial charge >= 0.3 is 5.97 Å². The summed E-state index contributed by atoms with van der Waals surface area (Å²) in [5.74, 6) is -0.306. The fourth-order valence-electron chi connectivity index (χ4n) is 1.46. The topological polar surface area (TPSA) is 64.3 Å². The monoisotopic (exact) mass is 310 g/mol. The lowest BCUT2D eigenvalue weighted by Gasteiger charge is -2.09. The molecule has 0 radical (unpaired) electrons. The van der Waals surface area contributed by atoms with Crippen molar-refractivity contribution in [1.82, 2.24) is 9.78 Å². The van der Waals surface area contributed by atoms with Gasteiger partial charge in [-0.05, 0) is 36.8 Å². The van der Waals surface area contributed by atoms with Gasteiger partial charge in [0.15, 0.2) is 12.4 Å². The van der Waals surface area contributed by atoms with Crippen molar-refractivity contribution in [3.63, 3.8) is 0 Å². The van der Waals surface area contributed by atoms with Crippen LogP contribution in [0, 0.1) is 6.92 Å². The highest BCUT2D eigenvalue weighted by Gasteiger charge is 2.07. The molecule has 94 valence electrons. The summed E-state index contributed by atoms with van der Waals surface area (Å²) in [6.45, 7) is 2.11. The van der Waals surface area contributed by atoms with Crippen molar-refractivity contribution in [2.24, 2.45) is 0 Å². The minimum absolute atomic E-state index is 0.00567. The van der Waals surface area contributed by atoms with Crippen molar-refractivity contribution in [2.75, 3.05) is 0 Å². The minimum atomic E-state index is -1.05. The summed E-state index contributed by atoms with van der Waals surface area (Å²) < 4.78 is 7.98. The lowest BCUT2D eigenvalue weighted by molar-refractivity contribution is 0.0688. The summed E-state index contributed by atoms with van der Waals surface area (Å²) in [5, 5.41) is 12.6. The number of benzene rings is 1. The number of ether oxygens (including phenoxy) is 1. The fourth-order valence-corrected chi connectivity index (χ4v) is 1.93. The Hall–Kier alpha value is -1.82. The van der Waals surface area contributed by atoms with E-state index < -0.39 is 5.97 Å². The summed E-state index contributed by atoms with van der Waals surface area (Å²) in [7, 11) is 0. The molecule has 1 N–H and O–H groups in total. The maximum atomic E-state index is 10.7. The quantitative estimate of drug-likeness (QED) is 0.943. The van der Waals surface area contributed by atoms with E-state index in [2.05, 4.69) is 21.0 Å². The van der Waals surface area contributed by atoms with E-state index in [9.17, 15) is 4.79 Å². The summed E-state index contributed by atoms with van der Waals surface area (Å²) in [6, 6.07) is 7.11. The number of halogens is 1. The third-order valence-corrected chi connectivity index (χ3v) is 2.84. The molecule has 2 aromatic rings. The van der Waals surface area contributed by atoms with Crippen LogP contribution in [-0.4, -0.2) is 20.9 Å². The summed E-state index contributed by atoms with van der Waals surface area (Å²) in [6.07, 6.45) is 1.57. The van der Waals surface area contributed by atoms with E-state index in [1.807, 2.05) is 25.1 Å². The second-order valence-corrected chi connectivity index (χ2v) is 4.64. The van der Waals surface area contributed by atoms with E-state index in [-0.39, 0.29) is 12.4 Å². The van der Waals surface area contributed by atoms with E-state index in [1.165, 1.54) is 10.7 Å². The van der Waals surface area contributed by atoms with Crippen LogP contribution in [0.2, 0.25) is 0 Å². The molecule has 1 heterocycles. The van der Waals surface area contributed by atoms with Gasteiger partial charge in [0.1, 0.15) is 5.75 Å². The fraction of sp³-hybridized carbons (Fsp3) is 0.167. The van der Waals surface area contributed by atoms with Crippen molar-refractivity contribution in [2.45, 2.75) is 13.7 Å². The van der Waals surface area contributed by atoms with Crippen LogP contribution in [0.3, 0.4) is 0 Å². The third-order valence-electron chi connectivity index (χ3n) is 2.35. The number of carboxylic acids is 1. The molecule has 2 rings (SSSR count). The second kappa shape index (κ2) is 5.22. The van der Waals surface area contributed by atoms with E-state index in [0.29, 0.717) is 0 Å². The predicted molar refractivity (Wildman–Crippen MR) is 68.7 cm³/mol. The zero-order valence-corrected chi connectivity index (χ0v) is 11.2. The number of nitrogens with zero attached hydrogens (tertiary/aromatic N) is 2. The molecule has 0 aliphatic carbocycles. The maximum absolute atomic E-state index is 10.7. The number of hydrogen-bond donors (Lipinski definition) is 1. The van der Waals surface area contributed by atoms with E-state index in [4.69, 9.17) is 9.84 Å². The van der Waals surface area contributed by atoms with Crippen LogP contribution in [0.1, 0.15) is 16.1 Å². The third kappa shape index (κ3) is 2.89. The number of carboxylic acid groups (broad SMARTS) is 1. The van der Waals surface area contributed by atoms with Crippen molar-refractivity contribution < 1.29 is 14.6 Å². The number of carbonyl (C=O) groups is 1. The summed E-state index contributed by atoms with van der Waals surface area (Å²) >= 11 is 3.37. The van der Waals surface area contributed by atoms with Gasteiger partial charge in [-0.25, -0.2) is 9.48 Å². The van der Waals surface area contributed by atoms with Crippen molar-refractivity contribution in [1.29, 1.82) is 0 Å². The van der Waals surface area contributed by atoms with Crippen molar-refractivity contribution >= 4 is 21.9 Å². The predicted octanol–water partition coefficient (Wildman–Crippen LogP) is 2.69. The Morgan fingerprint density at radius 3 is 2.89 bits per heavy atom. The lowest BCUT2D eigenvalue weighted by atomic mass is 10.2. The molecule has 0 amide bonds. The van der Waals surface area contributed by atoms with Gasteiger partial charge < -0.3 is 9.84 Å². The van der Waals surface area contributed by atoms with E-state index >= 15 is 0 Å². The Kier molecular flexibility index (Phi) is 3.66. The first kappa shape index (κ1) is 12.6. The number of aryl methyl sites for hydroxylation is 1. The van der Waals surface area contributed by atoms with Crippen LogP contribution in [0.4, 0.5) is 0 Å². The standard InChI is InChI=1S/C12H11BrN2O3/c1-8-6-9(13)2-3-11(8)18-7-15-5-4-10(14-15)12(16)17/h2-6H,7H2,1H3,(H,16,17). The molecule has 0 bridgehead atoms. The first-order valence-corrected chi connectivity index (χ1v) is 6.01. The smallest absolute Gasteiger partial charge is 0.356 e. The molecule has 1 aromatic heterocycles. The summed E-state index contributed by atoms with van der Waals surface area (Å²) in [4.78, 5) is 10.7. The van der Waals surface area contributed by atoms with Gasteiger partial charge in [0.2, 0.25) is 0 Å². The van der Waals surface area contributed by atoms with Gasteiger partial charge in [-0.2, -0.15) is 5.10 Å². The number of aromatic carboxylic acids is 1. The van der Waals surface area contributed by atoms with Crippen molar-refractivity contribution in [3.05, 3.63) is 46.2 Å². The van der Waals surface area contributed by atoms with Gasteiger partial charge in [-0.3, -0.25) is 0 Å². The van der Waals surface area contributed by atoms with Gasteiger partial charge in [0.25, 0.3) is 0 Å². The molecule has 0 saturated carbocycles. The SMILES string of the molecule is Cc1cc(Br)ccc1OCn1ccc(C(=O)O)n1. The Morgan fingerprint density at radius 1 is 1.50 bits per heavy atom. The zero-order valence-electron chi connectivity index (χ0n) is 9.63. The number of rotatable bonds is 4. The van der Waals surface area contributed by atoms with Crippen LogP contribution in [0.25, 0.3) is 0 Å². The van der Waals surface area contributed by atoms with Gasteiger partial charge in [-0.1, -0.05) is 15.9 Å². The highest BCUT2D eigenvalue weighted by molar-refractivity contribution is 9.10. The highest BCUT2D eigenvalue weighted by atomic mass is 79.9. The molecule has 18 heavy (non-hydrogen) atoms. The van der Waals surface area contributed by atoms with Gasteiger partial charge in [0, 0.05) is 10.7 Å². The molecule has 5 nitrogen and oxygen atoms in total. The molecule has 0 aliphatic rings. The summed E-state index contributed by atoms with van der Waals surface area (Å²) in [5.41, 5.74) is 1.00. The molecule has 0 spiro atoms. The van der Waals surface area contributed by atoms with Crippen LogP contribution in [0.15, 0.2) is 34.9 Å². The van der Waals surface area contributed by atoms with Crippen LogP contribution in [-0.2, 0) is 6.73 Å². The van der Waals surface area contributed by atoms with E-state index in [0.717, 1.165) is 15.8 Å².